The lowest BCUT2D eigenvalue weighted by Crippen LogP contribution is -2.50. The fourth-order valence-electron chi connectivity index (χ4n) is 3.63. The van der Waals surface area contributed by atoms with Crippen molar-refractivity contribution in [1.82, 2.24) is 4.90 Å². The van der Waals surface area contributed by atoms with E-state index in [-0.39, 0.29) is 17.6 Å². The van der Waals surface area contributed by atoms with E-state index in [0.717, 1.165) is 6.42 Å². The van der Waals surface area contributed by atoms with E-state index < -0.39 is 5.60 Å². The number of nitrogens with zero attached hydrogens (tertiary/aromatic N) is 2. The molecule has 0 saturated carbocycles. The van der Waals surface area contributed by atoms with Crippen LogP contribution in [0.25, 0.3) is 0 Å². The number of carbonyl (C=O) groups excluding carboxylic acids is 2. The molecule has 2 heterocycles. The van der Waals surface area contributed by atoms with Gasteiger partial charge in [0.05, 0.1) is 6.54 Å². The van der Waals surface area contributed by atoms with Gasteiger partial charge in [0.1, 0.15) is 11.5 Å². The standard InChI is InChI=1S/C21H20FN3O3/c22-16-9-7-15(8-10-16)20(27)25-12-4-11-21(14-25)13-18(24-28-21)19(26)23-17-5-2-1-3-6-17/h1-3,5-10H,4,11-14H2,(H,23,26)/t21-/m1/s1. The van der Waals surface area contributed by atoms with Crippen molar-refractivity contribution in [3.8, 4) is 0 Å². The zero-order valence-electron chi connectivity index (χ0n) is 15.2. The summed E-state index contributed by atoms with van der Waals surface area (Å²) in [4.78, 5) is 32.6. The minimum atomic E-state index is -0.683. The van der Waals surface area contributed by atoms with E-state index >= 15 is 0 Å². The Balaban J connectivity index is 1.41. The normalized spacial score (nSPS) is 21.2. The number of carbonyl (C=O) groups is 2. The van der Waals surface area contributed by atoms with Gasteiger partial charge in [0.2, 0.25) is 0 Å². The SMILES string of the molecule is O=C(Nc1ccccc1)C1=NO[C@]2(CCCN(C(=O)c3ccc(F)cc3)C2)C1. The molecule has 1 spiro atoms. The number of piperidine rings is 1. The molecule has 0 bridgehead atoms. The van der Waals surface area contributed by atoms with Crippen molar-refractivity contribution >= 4 is 23.2 Å². The van der Waals surface area contributed by atoms with Crippen molar-refractivity contribution in [2.24, 2.45) is 5.16 Å². The maximum absolute atomic E-state index is 13.1. The molecule has 144 valence electrons. The van der Waals surface area contributed by atoms with Crippen LogP contribution < -0.4 is 5.32 Å². The van der Waals surface area contributed by atoms with Gasteiger partial charge in [-0.15, -0.1) is 0 Å². The highest BCUT2D eigenvalue weighted by molar-refractivity contribution is 6.43. The molecular weight excluding hydrogens is 361 g/mol. The van der Waals surface area contributed by atoms with Crippen LogP contribution in [-0.4, -0.2) is 41.1 Å². The lowest BCUT2D eigenvalue weighted by atomic mass is 9.87. The molecule has 0 aliphatic carbocycles. The van der Waals surface area contributed by atoms with E-state index in [1.807, 2.05) is 18.2 Å². The topological polar surface area (TPSA) is 71.0 Å². The smallest absolute Gasteiger partial charge is 0.273 e. The fourth-order valence-corrected chi connectivity index (χ4v) is 3.63. The Hall–Kier alpha value is -3.22. The lowest BCUT2D eigenvalue weighted by molar-refractivity contribution is -0.110. The summed E-state index contributed by atoms with van der Waals surface area (Å²) in [5, 5.41) is 6.81. The summed E-state index contributed by atoms with van der Waals surface area (Å²) in [6, 6.07) is 14.6. The van der Waals surface area contributed by atoms with Crippen molar-refractivity contribution in [2.75, 3.05) is 18.4 Å². The molecule has 0 aromatic heterocycles. The predicted molar refractivity (Wildman–Crippen MR) is 102 cm³/mol. The van der Waals surface area contributed by atoms with Crippen LogP contribution in [0.4, 0.5) is 10.1 Å². The van der Waals surface area contributed by atoms with E-state index in [9.17, 15) is 14.0 Å². The molecule has 0 unspecified atom stereocenters. The first-order chi connectivity index (χ1) is 13.5. The summed E-state index contributed by atoms with van der Waals surface area (Å²) in [5.74, 6) is -0.858. The third kappa shape index (κ3) is 3.74. The lowest BCUT2D eigenvalue weighted by Gasteiger charge is -2.38. The second-order valence-electron chi connectivity index (χ2n) is 7.15. The first kappa shape index (κ1) is 18.2. The molecule has 2 aromatic carbocycles. The van der Waals surface area contributed by atoms with Gasteiger partial charge in [0.15, 0.2) is 5.60 Å². The number of hydrogen-bond acceptors (Lipinski definition) is 4. The van der Waals surface area contributed by atoms with Crippen molar-refractivity contribution in [1.29, 1.82) is 0 Å². The Morgan fingerprint density at radius 2 is 1.86 bits per heavy atom. The Labute approximate surface area is 162 Å². The molecule has 2 aliphatic rings. The van der Waals surface area contributed by atoms with Gasteiger partial charge in [-0.1, -0.05) is 23.4 Å². The van der Waals surface area contributed by atoms with Crippen molar-refractivity contribution in [2.45, 2.75) is 24.9 Å². The van der Waals surface area contributed by atoms with Crippen LogP contribution in [0.2, 0.25) is 0 Å². The number of amides is 2. The summed E-state index contributed by atoms with van der Waals surface area (Å²) in [7, 11) is 0. The van der Waals surface area contributed by atoms with Gasteiger partial charge < -0.3 is 15.1 Å². The molecule has 4 rings (SSSR count). The fraction of sp³-hybridized carbons (Fsp3) is 0.286. The van der Waals surface area contributed by atoms with Gasteiger partial charge >= 0.3 is 0 Å². The van der Waals surface area contributed by atoms with Crippen LogP contribution in [0.5, 0.6) is 0 Å². The van der Waals surface area contributed by atoms with Gasteiger partial charge in [-0.25, -0.2) is 4.39 Å². The molecule has 2 aromatic rings. The van der Waals surface area contributed by atoms with Crippen LogP contribution in [0, 0.1) is 5.82 Å². The maximum atomic E-state index is 13.1. The second-order valence-corrected chi connectivity index (χ2v) is 7.15. The molecule has 1 saturated heterocycles. The molecule has 2 amide bonds. The van der Waals surface area contributed by atoms with Crippen LogP contribution in [-0.2, 0) is 9.63 Å². The van der Waals surface area contributed by atoms with E-state index in [2.05, 4.69) is 10.5 Å². The molecule has 7 heteroatoms. The minimum Gasteiger partial charge on any atom is -0.386 e. The zero-order valence-corrected chi connectivity index (χ0v) is 15.2. The third-order valence-electron chi connectivity index (χ3n) is 5.05. The van der Waals surface area contributed by atoms with E-state index in [0.29, 0.717) is 42.9 Å². The van der Waals surface area contributed by atoms with Crippen LogP contribution in [0.1, 0.15) is 29.6 Å². The highest BCUT2D eigenvalue weighted by Gasteiger charge is 2.45. The number of oxime groups is 1. The summed E-state index contributed by atoms with van der Waals surface area (Å²) >= 11 is 0. The van der Waals surface area contributed by atoms with Crippen molar-refractivity contribution in [3.63, 3.8) is 0 Å². The van der Waals surface area contributed by atoms with E-state index in [1.165, 1.54) is 24.3 Å². The zero-order chi connectivity index (χ0) is 19.6. The highest BCUT2D eigenvalue weighted by Crippen LogP contribution is 2.34. The van der Waals surface area contributed by atoms with Crippen LogP contribution >= 0.6 is 0 Å². The molecule has 1 atom stereocenters. The average molecular weight is 381 g/mol. The number of anilines is 1. The predicted octanol–water partition coefficient (Wildman–Crippen LogP) is 3.22. The Morgan fingerprint density at radius 1 is 1.11 bits per heavy atom. The first-order valence-electron chi connectivity index (χ1n) is 9.21. The molecule has 0 radical (unpaired) electrons. The van der Waals surface area contributed by atoms with Crippen molar-refractivity contribution < 1.29 is 18.8 Å². The molecule has 1 N–H and O–H groups in total. The Bertz CT molecular complexity index is 914. The number of benzene rings is 2. The van der Waals surface area contributed by atoms with Gasteiger partial charge in [-0.3, -0.25) is 9.59 Å². The molecule has 1 fully saturated rings. The number of hydrogen-bond donors (Lipinski definition) is 1. The highest BCUT2D eigenvalue weighted by atomic mass is 19.1. The maximum Gasteiger partial charge on any atom is 0.273 e. The monoisotopic (exact) mass is 381 g/mol. The number of likely N-dealkylation sites (tertiary alicyclic amines) is 1. The summed E-state index contributed by atoms with van der Waals surface area (Å²) in [5.41, 5.74) is 0.754. The Kier molecular flexibility index (Phi) is 4.81. The van der Waals surface area contributed by atoms with E-state index in [4.69, 9.17) is 4.84 Å². The number of para-hydroxylation sites is 1. The van der Waals surface area contributed by atoms with Crippen LogP contribution in [0.3, 0.4) is 0 Å². The molecule has 28 heavy (non-hydrogen) atoms. The average Bonchev–Trinajstić information content (AvgIpc) is 3.12. The second kappa shape index (κ2) is 7.42. The first-order valence-corrected chi connectivity index (χ1v) is 9.21. The number of halogens is 1. The van der Waals surface area contributed by atoms with Crippen molar-refractivity contribution in [3.05, 3.63) is 66.0 Å². The quantitative estimate of drug-likeness (QED) is 0.887. The largest absolute Gasteiger partial charge is 0.386 e. The van der Waals surface area contributed by atoms with Gasteiger partial charge in [0.25, 0.3) is 11.8 Å². The van der Waals surface area contributed by atoms with E-state index in [1.54, 1.807) is 17.0 Å². The van der Waals surface area contributed by atoms with Gasteiger partial charge in [-0.2, -0.15) is 0 Å². The number of rotatable bonds is 3. The third-order valence-corrected chi connectivity index (χ3v) is 5.05. The molecular formula is C21H20FN3O3. The van der Waals surface area contributed by atoms with Gasteiger partial charge in [0, 0.05) is 24.2 Å². The summed E-state index contributed by atoms with van der Waals surface area (Å²) < 4.78 is 13.1. The number of nitrogens with one attached hydrogen (secondary N) is 1. The Morgan fingerprint density at radius 3 is 2.61 bits per heavy atom. The summed E-state index contributed by atoms with van der Waals surface area (Å²) in [6.45, 7) is 0.932. The van der Waals surface area contributed by atoms with Crippen LogP contribution in [0.15, 0.2) is 59.8 Å². The molecule has 6 nitrogen and oxygen atoms in total. The van der Waals surface area contributed by atoms with Gasteiger partial charge in [-0.05, 0) is 49.2 Å². The minimum absolute atomic E-state index is 0.176. The molecule has 2 aliphatic heterocycles. The summed E-state index contributed by atoms with van der Waals surface area (Å²) in [6.07, 6.45) is 1.81.